The predicted molar refractivity (Wildman–Crippen MR) is 76.6 cm³/mol. The third-order valence-corrected chi connectivity index (χ3v) is 3.98. The second-order valence-electron chi connectivity index (χ2n) is 4.81. The van der Waals surface area contributed by atoms with E-state index in [-0.39, 0.29) is 11.8 Å². The number of likely N-dealkylation sites (N-methyl/N-ethyl adjacent to an activating group) is 1. The summed E-state index contributed by atoms with van der Waals surface area (Å²) < 4.78 is 5.11. The summed E-state index contributed by atoms with van der Waals surface area (Å²) in [7, 11) is 1.72. The Labute approximate surface area is 125 Å². The van der Waals surface area contributed by atoms with Crippen molar-refractivity contribution in [2.75, 3.05) is 11.9 Å². The lowest BCUT2D eigenvalue weighted by Crippen LogP contribution is -2.20. The Hall–Kier alpha value is -2.34. The maximum Gasteiger partial charge on any atom is 0.433 e. The molecule has 3 rings (SSSR count). The van der Waals surface area contributed by atoms with E-state index in [9.17, 15) is 14.9 Å². The van der Waals surface area contributed by atoms with Gasteiger partial charge in [-0.25, -0.2) is 0 Å². The molecular weight excluding hydrogens is 296 g/mol. The van der Waals surface area contributed by atoms with E-state index < -0.39 is 10.3 Å². The first-order chi connectivity index (χ1) is 9.97. The van der Waals surface area contributed by atoms with Crippen molar-refractivity contribution in [3.05, 3.63) is 57.3 Å². The number of halogens is 1. The first-order valence-electron chi connectivity index (χ1n) is 6.25. The van der Waals surface area contributed by atoms with Crippen LogP contribution in [0.15, 0.2) is 34.7 Å². The maximum atomic E-state index is 11.7. The largest absolute Gasteiger partial charge is 0.433 e. The van der Waals surface area contributed by atoms with Crippen molar-refractivity contribution in [1.29, 1.82) is 0 Å². The molecule has 0 saturated carbocycles. The van der Waals surface area contributed by atoms with E-state index in [0.29, 0.717) is 12.2 Å². The van der Waals surface area contributed by atoms with E-state index in [1.54, 1.807) is 18.0 Å². The SMILES string of the molecule is CN1C(=O)Cc2cc(C(Cl)c3ccc([N+](=O)[O-])o3)ccc21. The highest BCUT2D eigenvalue weighted by Gasteiger charge is 2.26. The fourth-order valence-corrected chi connectivity index (χ4v) is 2.64. The van der Waals surface area contributed by atoms with Crippen LogP contribution in [0.4, 0.5) is 11.6 Å². The molecule has 0 spiro atoms. The molecule has 0 aliphatic carbocycles. The van der Waals surface area contributed by atoms with Crippen molar-refractivity contribution >= 4 is 29.1 Å². The van der Waals surface area contributed by atoms with Gasteiger partial charge in [0, 0.05) is 12.7 Å². The summed E-state index contributed by atoms with van der Waals surface area (Å²) >= 11 is 6.31. The molecule has 1 aromatic carbocycles. The Balaban J connectivity index is 1.92. The molecule has 0 N–H and O–H groups in total. The summed E-state index contributed by atoms with van der Waals surface area (Å²) in [6.45, 7) is 0. The second kappa shape index (κ2) is 4.89. The Morgan fingerprint density at radius 1 is 1.38 bits per heavy atom. The zero-order valence-electron chi connectivity index (χ0n) is 11.1. The van der Waals surface area contributed by atoms with Crippen LogP contribution in [0.1, 0.15) is 22.3 Å². The Bertz CT molecular complexity index is 740. The van der Waals surface area contributed by atoms with E-state index in [0.717, 1.165) is 16.8 Å². The zero-order valence-corrected chi connectivity index (χ0v) is 11.8. The Kier molecular flexibility index (Phi) is 3.17. The van der Waals surface area contributed by atoms with Crippen LogP contribution in [0.5, 0.6) is 0 Å². The number of furan rings is 1. The van der Waals surface area contributed by atoms with Crippen molar-refractivity contribution in [1.82, 2.24) is 0 Å². The van der Waals surface area contributed by atoms with Crippen LogP contribution in [0.2, 0.25) is 0 Å². The van der Waals surface area contributed by atoms with Gasteiger partial charge in [0.2, 0.25) is 5.91 Å². The monoisotopic (exact) mass is 306 g/mol. The molecule has 6 nitrogen and oxygen atoms in total. The number of alkyl halides is 1. The van der Waals surface area contributed by atoms with Gasteiger partial charge in [0.15, 0.2) is 0 Å². The fourth-order valence-electron chi connectivity index (χ4n) is 2.39. The lowest BCUT2D eigenvalue weighted by atomic mass is 10.0. The van der Waals surface area contributed by atoms with Gasteiger partial charge in [0.25, 0.3) is 0 Å². The Morgan fingerprint density at radius 2 is 2.14 bits per heavy atom. The maximum absolute atomic E-state index is 11.7. The van der Waals surface area contributed by atoms with Gasteiger partial charge in [-0.15, -0.1) is 11.6 Å². The average Bonchev–Trinajstić information content (AvgIpc) is 3.04. The third kappa shape index (κ3) is 2.27. The van der Waals surface area contributed by atoms with Crippen molar-refractivity contribution in [2.45, 2.75) is 11.8 Å². The summed E-state index contributed by atoms with van der Waals surface area (Å²) in [6, 6.07) is 8.21. The first kappa shape index (κ1) is 13.6. The standard InChI is InChI=1S/C14H11ClN2O4/c1-16-10-3-2-8(6-9(10)7-12(16)18)14(15)11-4-5-13(21-11)17(19)20/h2-6,14H,7H2,1H3. The number of rotatable bonds is 3. The van der Waals surface area contributed by atoms with Gasteiger partial charge in [0.1, 0.15) is 16.1 Å². The second-order valence-corrected chi connectivity index (χ2v) is 5.25. The average molecular weight is 307 g/mol. The number of amides is 1. The van der Waals surface area contributed by atoms with Gasteiger partial charge < -0.3 is 9.32 Å². The summed E-state index contributed by atoms with van der Waals surface area (Å²) in [5, 5.41) is 9.99. The van der Waals surface area contributed by atoms with Crippen molar-refractivity contribution in [3.8, 4) is 0 Å². The van der Waals surface area contributed by atoms with Crippen LogP contribution in [0, 0.1) is 10.1 Å². The smallest absolute Gasteiger partial charge is 0.404 e. The number of nitro groups is 1. The molecule has 2 aromatic rings. The molecule has 1 aliphatic rings. The number of anilines is 1. The molecule has 0 bridgehead atoms. The number of nitrogens with zero attached hydrogens (tertiary/aromatic N) is 2. The van der Waals surface area contributed by atoms with E-state index in [1.165, 1.54) is 12.1 Å². The molecule has 108 valence electrons. The quantitative estimate of drug-likeness (QED) is 0.496. The molecule has 2 heterocycles. The van der Waals surface area contributed by atoms with Gasteiger partial charge in [-0.1, -0.05) is 12.1 Å². The highest BCUT2D eigenvalue weighted by molar-refractivity contribution is 6.22. The summed E-state index contributed by atoms with van der Waals surface area (Å²) in [5.41, 5.74) is 2.49. The molecule has 1 aromatic heterocycles. The van der Waals surface area contributed by atoms with Gasteiger partial charge in [0.05, 0.1) is 12.5 Å². The van der Waals surface area contributed by atoms with Crippen molar-refractivity contribution in [2.24, 2.45) is 0 Å². The minimum absolute atomic E-state index is 0.0295. The van der Waals surface area contributed by atoms with Gasteiger partial charge in [-0.2, -0.15) is 0 Å². The topological polar surface area (TPSA) is 76.6 Å². The van der Waals surface area contributed by atoms with E-state index in [2.05, 4.69) is 0 Å². The summed E-state index contributed by atoms with van der Waals surface area (Å²) in [6.07, 6.45) is 0.335. The fraction of sp³-hybridized carbons (Fsp3) is 0.214. The highest BCUT2D eigenvalue weighted by atomic mass is 35.5. The molecule has 7 heteroatoms. The minimum atomic E-state index is -0.634. The number of hydrogen-bond acceptors (Lipinski definition) is 4. The number of fused-ring (bicyclic) bond motifs is 1. The first-order valence-corrected chi connectivity index (χ1v) is 6.68. The molecule has 0 fully saturated rings. The molecule has 0 saturated heterocycles. The number of benzene rings is 1. The zero-order chi connectivity index (χ0) is 15.1. The lowest BCUT2D eigenvalue weighted by molar-refractivity contribution is -0.402. The predicted octanol–water partition coefficient (Wildman–Crippen LogP) is 3.03. The molecule has 0 radical (unpaired) electrons. The molecule has 1 amide bonds. The number of carbonyl (C=O) groups is 1. The lowest BCUT2D eigenvalue weighted by Gasteiger charge is -2.12. The molecule has 21 heavy (non-hydrogen) atoms. The van der Waals surface area contributed by atoms with Crippen molar-refractivity contribution < 1.29 is 14.1 Å². The Morgan fingerprint density at radius 3 is 2.81 bits per heavy atom. The van der Waals surface area contributed by atoms with E-state index >= 15 is 0 Å². The van der Waals surface area contributed by atoms with Crippen LogP contribution in [0.25, 0.3) is 0 Å². The highest BCUT2D eigenvalue weighted by Crippen LogP contribution is 2.36. The minimum Gasteiger partial charge on any atom is -0.404 e. The normalized spacial score (nSPS) is 15.1. The van der Waals surface area contributed by atoms with Gasteiger partial charge >= 0.3 is 5.88 Å². The molecule has 1 aliphatic heterocycles. The van der Waals surface area contributed by atoms with Crippen LogP contribution < -0.4 is 4.90 Å². The van der Waals surface area contributed by atoms with Crippen LogP contribution >= 0.6 is 11.6 Å². The molecular formula is C14H11ClN2O4. The van der Waals surface area contributed by atoms with Gasteiger partial charge in [-0.3, -0.25) is 14.9 Å². The van der Waals surface area contributed by atoms with Crippen LogP contribution in [-0.2, 0) is 11.2 Å². The number of hydrogen-bond donors (Lipinski definition) is 0. The van der Waals surface area contributed by atoms with E-state index in [1.807, 2.05) is 12.1 Å². The van der Waals surface area contributed by atoms with Crippen molar-refractivity contribution in [3.63, 3.8) is 0 Å². The summed E-state index contributed by atoms with van der Waals surface area (Å²) in [4.78, 5) is 23.3. The third-order valence-electron chi connectivity index (χ3n) is 3.52. The molecule has 1 atom stereocenters. The van der Waals surface area contributed by atoms with Crippen LogP contribution in [0.3, 0.4) is 0 Å². The number of carbonyl (C=O) groups excluding carboxylic acids is 1. The van der Waals surface area contributed by atoms with Crippen LogP contribution in [-0.4, -0.2) is 17.9 Å². The van der Waals surface area contributed by atoms with Gasteiger partial charge in [-0.05, 0) is 23.3 Å². The molecule has 1 unspecified atom stereocenters. The van der Waals surface area contributed by atoms with E-state index in [4.69, 9.17) is 16.0 Å². The summed E-state index contributed by atoms with van der Waals surface area (Å²) in [5.74, 6) is -0.00498.